The van der Waals surface area contributed by atoms with Gasteiger partial charge in [-0.3, -0.25) is 0 Å². The fourth-order valence-corrected chi connectivity index (χ4v) is 2.77. The van der Waals surface area contributed by atoms with Crippen LogP contribution in [0.5, 0.6) is 0 Å². The zero-order chi connectivity index (χ0) is 12.8. The van der Waals surface area contributed by atoms with E-state index in [2.05, 4.69) is 10.6 Å². The molecule has 100 valence electrons. The summed E-state index contributed by atoms with van der Waals surface area (Å²) in [5, 5.41) is 8.33. The van der Waals surface area contributed by atoms with Crippen molar-refractivity contribution in [1.82, 2.24) is 5.32 Å². The summed E-state index contributed by atoms with van der Waals surface area (Å²) in [6, 6.07) is 6.19. The highest BCUT2D eigenvalue weighted by Gasteiger charge is 2.11. The maximum absolute atomic E-state index is 6.08. The summed E-state index contributed by atoms with van der Waals surface area (Å²) >= 11 is 12.0. The van der Waals surface area contributed by atoms with Crippen molar-refractivity contribution in [3.63, 3.8) is 0 Å². The van der Waals surface area contributed by atoms with Gasteiger partial charge in [-0.05, 0) is 31.0 Å². The molecule has 1 aliphatic rings. The molecule has 0 heterocycles. The lowest BCUT2D eigenvalue weighted by molar-refractivity contribution is 0.378. The number of hydrogen-bond acceptors (Lipinski definition) is 2. The van der Waals surface area contributed by atoms with Gasteiger partial charge in [-0.2, -0.15) is 0 Å². The van der Waals surface area contributed by atoms with Crippen molar-refractivity contribution in [2.45, 2.75) is 38.1 Å². The van der Waals surface area contributed by atoms with Crippen LogP contribution in [0, 0.1) is 0 Å². The third-order valence-corrected chi connectivity index (χ3v) is 3.97. The predicted octanol–water partition coefficient (Wildman–Crippen LogP) is 4.33. The Hall–Kier alpha value is -0.440. The number of benzene rings is 1. The molecule has 1 aliphatic carbocycles. The van der Waals surface area contributed by atoms with E-state index < -0.39 is 0 Å². The van der Waals surface area contributed by atoms with E-state index in [1.165, 1.54) is 32.1 Å². The molecule has 1 fully saturated rings. The maximum Gasteiger partial charge on any atom is 0.0638 e. The molecule has 4 heteroatoms. The van der Waals surface area contributed by atoms with Crippen LogP contribution >= 0.6 is 23.2 Å². The Bertz CT molecular complexity index is 376. The highest BCUT2D eigenvalue weighted by atomic mass is 35.5. The minimum Gasteiger partial charge on any atom is -0.383 e. The molecule has 0 bridgehead atoms. The summed E-state index contributed by atoms with van der Waals surface area (Å²) in [6.45, 7) is 1.84. The lowest BCUT2D eigenvalue weighted by atomic mass is 9.95. The van der Waals surface area contributed by atoms with Crippen molar-refractivity contribution < 1.29 is 0 Å². The zero-order valence-corrected chi connectivity index (χ0v) is 12.0. The molecule has 0 radical (unpaired) electrons. The van der Waals surface area contributed by atoms with Crippen molar-refractivity contribution in [2.24, 2.45) is 0 Å². The molecule has 18 heavy (non-hydrogen) atoms. The van der Waals surface area contributed by atoms with E-state index in [9.17, 15) is 0 Å². The van der Waals surface area contributed by atoms with Crippen LogP contribution in [0.3, 0.4) is 0 Å². The Kier molecular flexibility index (Phi) is 5.61. The molecule has 0 unspecified atom stereocenters. The first-order valence-corrected chi connectivity index (χ1v) is 7.43. The molecule has 2 nitrogen and oxygen atoms in total. The summed E-state index contributed by atoms with van der Waals surface area (Å²) in [4.78, 5) is 0. The van der Waals surface area contributed by atoms with Crippen LogP contribution in [0.4, 0.5) is 5.69 Å². The summed E-state index contributed by atoms with van der Waals surface area (Å²) in [5.41, 5.74) is 0.912. The number of anilines is 1. The fraction of sp³-hybridized carbons (Fsp3) is 0.571. The topological polar surface area (TPSA) is 24.1 Å². The second kappa shape index (κ2) is 7.22. The van der Waals surface area contributed by atoms with Gasteiger partial charge in [0.15, 0.2) is 0 Å². The standard InChI is InChI=1S/C14H20Cl2N2/c15-11-6-7-13(16)14(10-11)18-9-8-17-12-4-2-1-3-5-12/h6-7,10,12,17-18H,1-5,8-9H2. The first-order chi connectivity index (χ1) is 8.75. The van der Waals surface area contributed by atoms with Gasteiger partial charge in [0.1, 0.15) is 0 Å². The lowest BCUT2D eigenvalue weighted by Gasteiger charge is -2.23. The second-order valence-electron chi connectivity index (χ2n) is 4.84. The van der Waals surface area contributed by atoms with Crippen LogP contribution in [-0.2, 0) is 0 Å². The monoisotopic (exact) mass is 286 g/mol. The Labute approximate surface area is 119 Å². The molecule has 2 N–H and O–H groups in total. The average Bonchev–Trinajstić information content (AvgIpc) is 2.40. The van der Waals surface area contributed by atoms with Crippen LogP contribution in [0.25, 0.3) is 0 Å². The second-order valence-corrected chi connectivity index (χ2v) is 5.68. The number of rotatable bonds is 5. The molecular formula is C14H20Cl2N2. The van der Waals surface area contributed by atoms with Crippen molar-refractivity contribution in [1.29, 1.82) is 0 Å². The van der Waals surface area contributed by atoms with E-state index in [4.69, 9.17) is 23.2 Å². The van der Waals surface area contributed by atoms with Gasteiger partial charge in [0.25, 0.3) is 0 Å². The minimum absolute atomic E-state index is 0.704. The molecule has 0 atom stereocenters. The van der Waals surface area contributed by atoms with Crippen LogP contribution in [0.15, 0.2) is 18.2 Å². The van der Waals surface area contributed by atoms with Crippen molar-refractivity contribution in [3.8, 4) is 0 Å². The Morgan fingerprint density at radius 3 is 2.61 bits per heavy atom. The van der Waals surface area contributed by atoms with Crippen LogP contribution in [0.2, 0.25) is 10.0 Å². The van der Waals surface area contributed by atoms with E-state index in [0.29, 0.717) is 11.1 Å². The van der Waals surface area contributed by atoms with Gasteiger partial charge in [-0.25, -0.2) is 0 Å². The molecule has 1 saturated carbocycles. The van der Waals surface area contributed by atoms with E-state index in [1.54, 1.807) is 6.07 Å². The van der Waals surface area contributed by atoms with Gasteiger partial charge in [0, 0.05) is 24.2 Å². The molecule has 0 aromatic heterocycles. The summed E-state index contributed by atoms with van der Waals surface area (Å²) in [6.07, 6.45) is 6.76. The van der Waals surface area contributed by atoms with E-state index in [-0.39, 0.29) is 0 Å². The van der Waals surface area contributed by atoms with Crippen LogP contribution in [-0.4, -0.2) is 19.1 Å². The fourth-order valence-electron chi connectivity index (χ4n) is 2.41. The molecule has 0 saturated heterocycles. The smallest absolute Gasteiger partial charge is 0.0638 e. The van der Waals surface area contributed by atoms with Crippen LogP contribution in [0.1, 0.15) is 32.1 Å². The molecular weight excluding hydrogens is 267 g/mol. The highest BCUT2D eigenvalue weighted by molar-refractivity contribution is 6.35. The number of nitrogens with one attached hydrogen (secondary N) is 2. The predicted molar refractivity (Wildman–Crippen MR) is 79.8 cm³/mol. The third kappa shape index (κ3) is 4.34. The number of halogens is 2. The zero-order valence-electron chi connectivity index (χ0n) is 10.5. The van der Waals surface area contributed by atoms with Crippen molar-refractivity contribution >= 4 is 28.9 Å². The Morgan fingerprint density at radius 1 is 1.06 bits per heavy atom. The molecule has 2 rings (SSSR count). The Morgan fingerprint density at radius 2 is 1.83 bits per heavy atom. The largest absolute Gasteiger partial charge is 0.383 e. The highest BCUT2D eigenvalue weighted by Crippen LogP contribution is 2.25. The van der Waals surface area contributed by atoms with Crippen molar-refractivity contribution in [2.75, 3.05) is 18.4 Å². The van der Waals surface area contributed by atoms with Gasteiger partial charge in [0.05, 0.1) is 10.7 Å². The number of hydrogen-bond donors (Lipinski definition) is 2. The third-order valence-electron chi connectivity index (χ3n) is 3.41. The van der Waals surface area contributed by atoms with Gasteiger partial charge in [-0.15, -0.1) is 0 Å². The van der Waals surface area contributed by atoms with E-state index in [1.807, 2.05) is 12.1 Å². The molecule has 0 aliphatic heterocycles. The summed E-state index contributed by atoms with van der Waals surface area (Å²) in [7, 11) is 0. The minimum atomic E-state index is 0.704. The molecule has 1 aromatic rings. The van der Waals surface area contributed by atoms with Gasteiger partial charge in [0.2, 0.25) is 0 Å². The quantitative estimate of drug-likeness (QED) is 0.788. The molecule has 0 amide bonds. The average molecular weight is 287 g/mol. The molecule has 1 aromatic carbocycles. The van der Waals surface area contributed by atoms with Crippen LogP contribution < -0.4 is 10.6 Å². The summed E-state index contributed by atoms with van der Waals surface area (Å²) in [5.74, 6) is 0. The maximum atomic E-state index is 6.08. The van der Waals surface area contributed by atoms with Gasteiger partial charge in [-0.1, -0.05) is 42.5 Å². The first-order valence-electron chi connectivity index (χ1n) is 6.68. The SMILES string of the molecule is Clc1ccc(Cl)c(NCCNC2CCCCC2)c1. The van der Waals surface area contributed by atoms with E-state index in [0.717, 1.165) is 23.8 Å². The van der Waals surface area contributed by atoms with E-state index >= 15 is 0 Å². The summed E-state index contributed by atoms with van der Waals surface area (Å²) < 4.78 is 0. The first kappa shape index (κ1) is 14.0. The van der Waals surface area contributed by atoms with Gasteiger partial charge < -0.3 is 10.6 Å². The Balaban J connectivity index is 1.69. The van der Waals surface area contributed by atoms with Crippen molar-refractivity contribution in [3.05, 3.63) is 28.2 Å². The molecule has 0 spiro atoms. The lowest BCUT2D eigenvalue weighted by Crippen LogP contribution is -2.34. The van der Waals surface area contributed by atoms with Gasteiger partial charge >= 0.3 is 0 Å². The normalized spacial score (nSPS) is 16.8.